The van der Waals surface area contributed by atoms with Crippen molar-refractivity contribution in [3.63, 3.8) is 0 Å². The smallest absolute Gasteiger partial charge is 0.317 e. The highest BCUT2D eigenvalue weighted by Crippen LogP contribution is 2.14. The Labute approximate surface area is 137 Å². The third-order valence-corrected chi connectivity index (χ3v) is 3.94. The predicted molar refractivity (Wildman–Crippen MR) is 86.9 cm³/mol. The second kappa shape index (κ2) is 6.69. The number of hydrogen-bond donors (Lipinski definition) is 1. The number of aromatic nitrogens is 5. The zero-order chi connectivity index (χ0) is 16.2. The van der Waals surface area contributed by atoms with Crippen molar-refractivity contribution in [1.82, 2.24) is 33.7 Å². The summed E-state index contributed by atoms with van der Waals surface area (Å²) >= 11 is 1.19. The average molecular weight is 331 g/mol. The number of nitrogens with zero attached hydrogens (tertiary/aromatic N) is 6. The predicted octanol–water partition coefficient (Wildman–Crippen LogP) is 1.51. The molecular formula is C14H17N7OS. The molecule has 0 aliphatic rings. The molecule has 0 bridgehead atoms. The van der Waals surface area contributed by atoms with E-state index in [1.54, 1.807) is 23.0 Å². The highest BCUT2D eigenvalue weighted by Gasteiger charge is 2.13. The third-order valence-electron chi connectivity index (χ3n) is 3.38. The number of fused-ring (bicyclic) bond motifs is 1. The third kappa shape index (κ3) is 3.81. The quantitative estimate of drug-likeness (QED) is 0.765. The molecule has 2 heterocycles. The molecule has 0 aliphatic heterocycles. The summed E-state index contributed by atoms with van der Waals surface area (Å²) in [6.07, 6.45) is 3.10. The van der Waals surface area contributed by atoms with Crippen LogP contribution in [0.3, 0.4) is 0 Å². The molecule has 1 N–H and O–H groups in total. The van der Waals surface area contributed by atoms with Crippen LogP contribution in [0.1, 0.15) is 12.5 Å². The molecule has 3 aromatic rings. The first-order chi connectivity index (χ1) is 11.1. The van der Waals surface area contributed by atoms with E-state index in [2.05, 4.69) is 24.1 Å². The Morgan fingerprint density at radius 1 is 1.39 bits per heavy atom. The van der Waals surface area contributed by atoms with Gasteiger partial charge in [-0.15, -0.1) is 0 Å². The van der Waals surface area contributed by atoms with Gasteiger partial charge in [-0.1, -0.05) is 6.07 Å². The van der Waals surface area contributed by atoms with E-state index in [1.165, 1.54) is 18.1 Å². The van der Waals surface area contributed by atoms with Crippen LogP contribution >= 0.6 is 11.7 Å². The molecule has 0 spiro atoms. The minimum Gasteiger partial charge on any atom is -0.334 e. The van der Waals surface area contributed by atoms with Crippen LogP contribution in [0.2, 0.25) is 0 Å². The van der Waals surface area contributed by atoms with Gasteiger partial charge in [0, 0.05) is 19.6 Å². The van der Waals surface area contributed by atoms with Crippen LogP contribution in [-0.4, -0.2) is 47.5 Å². The first-order valence-corrected chi connectivity index (χ1v) is 7.90. The Hall–Kier alpha value is -2.55. The zero-order valence-electron chi connectivity index (χ0n) is 12.9. The van der Waals surface area contributed by atoms with Gasteiger partial charge in [-0.05, 0) is 24.6 Å². The highest BCUT2D eigenvalue weighted by molar-refractivity contribution is 7.00. The summed E-state index contributed by atoms with van der Waals surface area (Å²) in [5.41, 5.74) is 2.76. The summed E-state index contributed by atoms with van der Waals surface area (Å²) in [5.74, 6) is 0. The number of benzene rings is 1. The van der Waals surface area contributed by atoms with E-state index in [9.17, 15) is 4.79 Å². The molecule has 0 radical (unpaired) electrons. The molecule has 23 heavy (non-hydrogen) atoms. The van der Waals surface area contributed by atoms with Crippen molar-refractivity contribution >= 4 is 28.8 Å². The standard InChI is InChI=1S/C14H17N7OS/c1-10(6-21-9-15-8-16-21)17-14(22)20(2)7-11-3-4-12-13(5-11)19-23-18-12/h3-5,8-10H,6-7H2,1-2H3,(H,17,22)/t10-/m1/s1. The summed E-state index contributed by atoms with van der Waals surface area (Å²) in [6.45, 7) is 3.02. The molecule has 0 unspecified atom stereocenters. The lowest BCUT2D eigenvalue weighted by Gasteiger charge is -2.21. The summed E-state index contributed by atoms with van der Waals surface area (Å²) in [5, 5.41) is 6.97. The first-order valence-electron chi connectivity index (χ1n) is 7.17. The number of rotatable bonds is 5. The largest absolute Gasteiger partial charge is 0.334 e. The van der Waals surface area contributed by atoms with Crippen molar-refractivity contribution < 1.29 is 4.79 Å². The van der Waals surface area contributed by atoms with E-state index < -0.39 is 0 Å². The lowest BCUT2D eigenvalue weighted by molar-refractivity contribution is 0.202. The summed E-state index contributed by atoms with van der Waals surface area (Å²) in [7, 11) is 1.76. The second-order valence-electron chi connectivity index (χ2n) is 5.41. The normalized spacial score (nSPS) is 12.3. The molecule has 8 nitrogen and oxygen atoms in total. The molecule has 0 saturated carbocycles. The summed E-state index contributed by atoms with van der Waals surface area (Å²) in [4.78, 5) is 17.8. The van der Waals surface area contributed by atoms with Crippen LogP contribution in [0.5, 0.6) is 0 Å². The minimum absolute atomic E-state index is 0.0446. The fourth-order valence-electron chi connectivity index (χ4n) is 2.25. The fraction of sp³-hybridized carbons (Fsp3) is 0.357. The maximum Gasteiger partial charge on any atom is 0.317 e. The van der Waals surface area contributed by atoms with Crippen LogP contribution < -0.4 is 5.32 Å². The molecule has 0 fully saturated rings. The highest BCUT2D eigenvalue weighted by atomic mass is 32.1. The van der Waals surface area contributed by atoms with Gasteiger partial charge in [0.2, 0.25) is 0 Å². The van der Waals surface area contributed by atoms with Gasteiger partial charge in [0.1, 0.15) is 23.7 Å². The van der Waals surface area contributed by atoms with Crippen molar-refractivity contribution in [1.29, 1.82) is 0 Å². The SMILES string of the molecule is C[C@H](Cn1cncn1)NC(=O)N(C)Cc1ccc2nsnc2c1. The van der Waals surface area contributed by atoms with Crippen LogP contribution in [-0.2, 0) is 13.1 Å². The second-order valence-corrected chi connectivity index (χ2v) is 5.94. The number of amides is 2. The average Bonchev–Trinajstić information content (AvgIpc) is 3.17. The van der Waals surface area contributed by atoms with E-state index in [0.29, 0.717) is 13.1 Å². The van der Waals surface area contributed by atoms with Gasteiger partial charge in [0.25, 0.3) is 0 Å². The lowest BCUT2D eigenvalue weighted by atomic mass is 10.2. The van der Waals surface area contributed by atoms with Gasteiger partial charge in [-0.3, -0.25) is 4.68 Å². The molecule has 0 saturated heterocycles. The Bertz CT molecular complexity index is 785. The maximum absolute atomic E-state index is 12.2. The Balaban J connectivity index is 1.56. The summed E-state index contributed by atoms with van der Waals surface area (Å²) < 4.78 is 10.1. The number of carbonyl (C=O) groups excluding carboxylic acids is 1. The van der Waals surface area contributed by atoms with E-state index >= 15 is 0 Å². The van der Waals surface area contributed by atoms with Crippen molar-refractivity contribution in [2.45, 2.75) is 26.1 Å². The van der Waals surface area contributed by atoms with Crippen LogP contribution in [0, 0.1) is 0 Å². The Morgan fingerprint density at radius 2 is 2.22 bits per heavy atom. The van der Waals surface area contributed by atoms with Crippen LogP contribution in [0.4, 0.5) is 4.79 Å². The van der Waals surface area contributed by atoms with E-state index in [1.807, 2.05) is 25.1 Å². The van der Waals surface area contributed by atoms with Crippen LogP contribution in [0.15, 0.2) is 30.9 Å². The van der Waals surface area contributed by atoms with Crippen LogP contribution in [0.25, 0.3) is 11.0 Å². The minimum atomic E-state index is -0.130. The topological polar surface area (TPSA) is 88.8 Å². The lowest BCUT2D eigenvalue weighted by Crippen LogP contribution is -2.43. The van der Waals surface area contributed by atoms with E-state index in [-0.39, 0.29) is 12.1 Å². The number of urea groups is 1. The van der Waals surface area contributed by atoms with Crippen molar-refractivity contribution in [2.75, 3.05) is 7.05 Å². The van der Waals surface area contributed by atoms with Gasteiger partial charge in [0.05, 0.1) is 18.3 Å². The summed E-state index contributed by atoms with van der Waals surface area (Å²) in [6, 6.07) is 5.67. The molecule has 1 aromatic carbocycles. The molecular weight excluding hydrogens is 314 g/mol. The first kappa shape index (κ1) is 15.3. The maximum atomic E-state index is 12.2. The fourth-order valence-corrected chi connectivity index (χ4v) is 2.76. The number of carbonyl (C=O) groups is 1. The van der Waals surface area contributed by atoms with Gasteiger partial charge < -0.3 is 10.2 Å². The monoisotopic (exact) mass is 331 g/mol. The van der Waals surface area contributed by atoms with Gasteiger partial charge in [0.15, 0.2) is 0 Å². The van der Waals surface area contributed by atoms with Gasteiger partial charge in [-0.2, -0.15) is 13.8 Å². The van der Waals surface area contributed by atoms with Crippen molar-refractivity contribution in [3.05, 3.63) is 36.4 Å². The molecule has 120 valence electrons. The molecule has 9 heteroatoms. The van der Waals surface area contributed by atoms with Gasteiger partial charge in [-0.25, -0.2) is 9.78 Å². The molecule has 2 aromatic heterocycles. The van der Waals surface area contributed by atoms with E-state index in [4.69, 9.17) is 0 Å². The van der Waals surface area contributed by atoms with Crippen molar-refractivity contribution in [2.24, 2.45) is 0 Å². The molecule has 3 rings (SSSR count). The van der Waals surface area contributed by atoms with Gasteiger partial charge >= 0.3 is 6.03 Å². The number of nitrogens with one attached hydrogen (secondary N) is 1. The number of hydrogen-bond acceptors (Lipinski definition) is 6. The Kier molecular flexibility index (Phi) is 4.47. The molecule has 2 amide bonds. The molecule has 1 atom stereocenters. The Morgan fingerprint density at radius 3 is 3.00 bits per heavy atom. The van der Waals surface area contributed by atoms with E-state index in [0.717, 1.165) is 16.6 Å². The van der Waals surface area contributed by atoms with Crippen molar-refractivity contribution in [3.8, 4) is 0 Å². The zero-order valence-corrected chi connectivity index (χ0v) is 13.7. The molecule has 0 aliphatic carbocycles.